The van der Waals surface area contributed by atoms with E-state index in [2.05, 4.69) is 0 Å². The maximum Gasteiger partial charge on any atom is 0.341 e. The predicted molar refractivity (Wildman–Crippen MR) is 44.8 cm³/mol. The molecule has 3 heteroatoms. The molecule has 2 atom stereocenters. The zero-order valence-electron chi connectivity index (χ0n) is 6.94. The second-order valence-corrected chi connectivity index (χ2v) is 3.04. The molecule has 0 spiro atoms. The smallest absolute Gasteiger partial charge is 0.341 e. The predicted octanol–water partition coefficient (Wildman–Crippen LogP) is 2.01. The van der Waals surface area contributed by atoms with Crippen molar-refractivity contribution in [1.29, 1.82) is 0 Å². The molecule has 0 saturated carbocycles. The number of cyclic esters (lactones) is 1. The molecular weight excluding hydrogens is 171 g/mol. The van der Waals surface area contributed by atoms with Crippen LogP contribution in [0.4, 0.5) is 4.39 Å². The molecule has 13 heavy (non-hydrogen) atoms. The van der Waals surface area contributed by atoms with E-state index in [1.165, 1.54) is 0 Å². The molecule has 2 nitrogen and oxygen atoms in total. The van der Waals surface area contributed by atoms with Crippen LogP contribution in [-0.2, 0) is 9.53 Å². The third-order valence-electron chi connectivity index (χ3n) is 2.11. The van der Waals surface area contributed by atoms with Gasteiger partial charge in [-0.05, 0) is 5.56 Å². The molecule has 68 valence electrons. The molecule has 1 aliphatic rings. The number of carbonyl (C=O) groups excluding carboxylic acids is 1. The molecule has 0 aliphatic carbocycles. The van der Waals surface area contributed by atoms with Crippen molar-refractivity contribution in [2.24, 2.45) is 0 Å². The van der Waals surface area contributed by atoms with E-state index >= 15 is 0 Å². The topological polar surface area (TPSA) is 26.3 Å². The van der Waals surface area contributed by atoms with Gasteiger partial charge in [0.05, 0.1) is 0 Å². The van der Waals surface area contributed by atoms with Gasteiger partial charge >= 0.3 is 5.97 Å². The van der Waals surface area contributed by atoms with Crippen LogP contribution in [0.15, 0.2) is 30.3 Å². The van der Waals surface area contributed by atoms with Crippen molar-refractivity contribution in [3.8, 4) is 0 Å². The Morgan fingerprint density at radius 2 is 2.00 bits per heavy atom. The van der Waals surface area contributed by atoms with E-state index < -0.39 is 18.2 Å². The monoisotopic (exact) mass is 180 g/mol. The van der Waals surface area contributed by atoms with Crippen molar-refractivity contribution < 1.29 is 13.9 Å². The number of halogens is 1. The largest absolute Gasteiger partial charge is 0.455 e. The normalized spacial score (nSPS) is 27.3. The van der Waals surface area contributed by atoms with Crippen LogP contribution in [-0.4, -0.2) is 12.1 Å². The summed E-state index contributed by atoms with van der Waals surface area (Å²) in [6.45, 7) is 0. The summed E-state index contributed by atoms with van der Waals surface area (Å²) in [5.74, 6) is -0.742. The number of hydrogen-bond acceptors (Lipinski definition) is 2. The van der Waals surface area contributed by atoms with Gasteiger partial charge in [-0.1, -0.05) is 30.3 Å². The van der Waals surface area contributed by atoms with Crippen LogP contribution in [0, 0.1) is 0 Å². The summed E-state index contributed by atoms with van der Waals surface area (Å²) >= 11 is 0. The van der Waals surface area contributed by atoms with Crippen molar-refractivity contribution >= 4 is 5.97 Å². The van der Waals surface area contributed by atoms with Gasteiger partial charge in [-0.15, -0.1) is 0 Å². The number of benzene rings is 1. The van der Waals surface area contributed by atoms with Gasteiger partial charge in [-0.3, -0.25) is 0 Å². The maximum absolute atomic E-state index is 12.8. The van der Waals surface area contributed by atoms with Crippen LogP contribution in [0.25, 0.3) is 0 Å². The Morgan fingerprint density at radius 1 is 1.31 bits per heavy atom. The van der Waals surface area contributed by atoms with Gasteiger partial charge in [0.25, 0.3) is 0 Å². The summed E-state index contributed by atoms with van der Waals surface area (Å²) in [5, 5.41) is 0. The first-order valence-corrected chi connectivity index (χ1v) is 4.17. The summed E-state index contributed by atoms with van der Waals surface area (Å²) in [6.07, 6.45) is -1.71. The Morgan fingerprint density at radius 3 is 2.54 bits per heavy atom. The van der Waals surface area contributed by atoms with E-state index in [0.717, 1.165) is 5.56 Å². The number of hydrogen-bond donors (Lipinski definition) is 0. The number of alkyl halides is 1. The van der Waals surface area contributed by atoms with Crippen molar-refractivity contribution in [3.63, 3.8) is 0 Å². The fourth-order valence-electron chi connectivity index (χ4n) is 1.42. The maximum atomic E-state index is 12.8. The molecule has 0 aromatic heterocycles. The van der Waals surface area contributed by atoms with E-state index in [-0.39, 0.29) is 6.42 Å². The Bertz CT molecular complexity index is 310. The lowest BCUT2D eigenvalue weighted by Crippen LogP contribution is -2.06. The lowest BCUT2D eigenvalue weighted by Gasteiger charge is -2.07. The Balaban J connectivity index is 2.17. The van der Waals surface area contributed by atoms with Crippen LogP contribution < -0.4 is 0 Å². The number of rotatable bonds is 1. The second-order valence-electron chi connectivity index (χ2n) is 3.04. The Hall–Kier alpha value is -1.38. The number of carbonyl (C=O) groups is 1. The minimum absolute atomic E-state index is 0.142. The minimum Gasteiger partial charge on any atom is -0.455 e. The number of esters is 1. The molecule has 2 unspecified atom stereocenters. The van der Waals surface area contributed by atoms with Gasteiger partial charge < -0.3 is 4.74 Å². The highest BCUT2D eigenvalue weighted by Gasteiger charge is 2.35. The van der Waals surface area contributed by atoms with Gasteiger partial charge in [0.15, 0.2) is 0 Å². The van der Waals surface area contributed by atoms with E-state index in [4.69, 9.17) is 4.74 Å². The fourth-order valence-corrected chi connectivity index (χ4v) is 1.42. The molecule has 1 aromatic carbocycles. The lowest BCUT2D eigenvalue weighted by molar-refractivity contribution is -0.145. The third-order valence-corrected chi connectivity index (χ3v) is 2.11. The zero-order chi connectivity index (χ0) is 9.26. The van der Waals surface area contributed by atoms with Crippen LogP contribution in [0.5, 0.6) is 0 Å². The highest BCUT2D eigenvalue weighted by Crippen LogP contribution is 2.30. The SMILES string of the molecule is O=C1OC(c2ccccc2)CC1F. The van der Waals surface area contributed by atoms with Crippen molar-refractivity contribution in [1.82, 2.24) is 0 Å². The molecule has 1 fully saturated rings. The third kappa shape index (κ3) is 1.54. The first-order valence-electron chi connectivity index (χ1n) is 4.17. The summed E-state index contributed by atoms with van der Waals surface area (Å²) < 4.78 is 17.6. The molecule has 0 bridgehead atoms. The standard InChI is InChI=1S/C10H9FO2/c11-8-6-9(13-10(8)12)7-4-2-1-3-5-7/h1-5,8-9H,6H2. The molecule has 0 radical (unpaired) electrons. The van der Waals surface area contributed by atoms with Crippen molar-refractivity contribution in [2.75, 3.05) is 0 Å². The molecule has 1 heterocycles. The van der Waals surface area contributed by atoms with Crippen LogP contribution in [0.3, 0.4) is 0 Å². The first-order chi connectivity index (χ1) is 6.27. The molecular formula is C10H9FO2. The average molecular weight is 180 g/mol. The number of ether oxygens (including phenoxy) is 1. The minimum atomic E-state index is -1.45. The van der Waals surface area contributed by atoms with Gasteiger partial charge in [-0.25, -0.2) is 9.18 Å². The summed E-state index contributed by atoms with van der Waals surface area (Å²) in [5.41, 5.74) is 0.857. The molecule has 1 saturated heterocycles. The second kappa shape index (κ2) is 3.17. The van der Waals surface area contributed by atoms with E-state index in [0.29, 0.717) is 0 Å². The quantitative estimate of drug-likeness (QED) is 0.618. The molecule has 0 N–H and O–H groups in total. The molecule has 2 rings (SSSR count). The van der Waals surface area contributed by atoms with E-state index in [1.54, 1.807) is 0 Å². The summed E-state index contributed by atoms with van der Waals surface area (Å²) in [7, 11) is 0. The lowest BCUT2D eigenvalue weighted by atomic mass is 10.1. The highest BCUT2D eigenvalue weighted by atomic mass is 19.1. The summed E-state index contributed by atoms with van der Waals surface area (Å²) in [4.78, 5) is 10.8. The van der Waals surface area contributed by atoms with E-state index in [9.17, 15) is 9.18 Å². The first kappa shape index (κ1) is 8.23. The zero-order valence-corrected chi connectivity index (χ0v) is 6.94. The summed E-state index contributed by atoms with van der Waals surface area (Å²) in [6, 6.07) is 9.21. The van der Waals surface area contributed by atoms with Gasteiger partial charge in [0, 0.05) is 6.42 Å². The Kier molecular flexibility index (Phi) is 2.00. The van der Waals surface area contributed by atoms with Crippen molar-refractivity contribution in [2.45, 2.75) is 18.7 Å². The van der Waals surface area contributed by atoms with Gasteiger partial charge in [0.1, 0.15) is 6.10 Å². The van der Waals surface area contributed by atoms with Crippen molar-refractivity contribution in [3.05, 3.63) is 35.9 Å². The molecule has 1 aliphatic heterocycles. The average Bonchev–Trinajstić information content (AvgIpc) is 2.49. The van der Waals surface area contributed by atoms with Crippen LogP contribution in [0.2, 0.25) is 0 Å². The van der Waals surface area contributed by atoms with Crippen LogP contribution >= 0.6 is 0 Å². The fraction of sp³-hybridized carbons (Fsp3) is 0.300. The molecule has 0 amide bonds. The van der Waals surface area contributed by atoms with E-state index in [1.807, 2.05) is 30.3 Å². The van der Waals surface area contributed by atoms with Gasteiger partial charge in [-0.2, -0.15) is 0 Å². The van der Waals surface area contributed by atoms with Crippen LogP contribution in [0.1, 0.15) is 18.1 Å². The highest BCUT2D eigenvalue weighted by molar-refractivity contribution is 5.76. The van der Waals surface area contributed by atoms with Gasteiger partial charge in [0.2, 0.25) is 6.17 Å². The molecule has 1 aromatic rings. The Labute approximate surface area is 75.3 Å².